The van der Waals surface area contributed by atoms with E-state index in [1.165, 1.54) is 34.6 Å². The zero-order valence-electron chi connectivity index (χ0n) is 18.5. The van der Waals surface area contributed by atoms with Gasteiger partial charge in [-0.15, -0.1) is 0 Å². The number of pyridine rings is 1. The van der Waals surface area contributed by atoms with E-state index in [1.54, 1.807) is 25.1 Å². The van der Waals surface area contributed by atoms with Crippen molar-refractivity contribution in [3.8, 4) is 17.0 Å². The summed E-state index contributed by atoms with van der Waals surface area (Å²) in [6.07, 6.45) is 2.02. The molecule has 2 heterocycles. The van der Waals surface area contributed by atoms with E-state index >= 15 is 0 Å². The number of amides is 1. The van der Waals surface area contributed by atoms with E-state index in [0.29, 0.717) is 11.1 Å². The number of halogens is 1. The predicted molar refractivity (Wildman–Crippen MR) is 118 cm³/mol. The van der Waals surface area contributed by atoms with Gasteiger partial charge in [0.05, 0.1) is 25.4 Å². The van der Waals surface area contributed by atoms with Gasteiger partial charge in [-0.3, -0.25) is 4.79 Å². The van der Waals surface area contributed by atoms with Crippen LogP contribution in [-0.2, 0) is 10.0 Å². The molecule has 174 valence electrons. The number of ether oxygens (including phenoxy) is 1. The third-order valence-electron chi connectivity index (χ3n) is 5.68. The Kier molecular flexibility index (Phi) is 7.16. The molecule has 10 heteroatoms. The van der Waals surface area contributed by atoms with Crippen molar-refractivity contribution < 1.29 is 27.4 Å². The zero-order chi connectivity index (χ0) is 23.6. The summed E-state index contributed by atoms with van der Waals surface area (Å²) in [5.74, 6) is -0.946. The first-order chi connectivity index (χ1) is 15.0. The molecule has 3 atom stereocenters. The van der Waals surface area contributed by atoms with Gasteiger partial charge in [0.2, 0.25) is 15.9 Å². The van der Waals surface area contributed by atoms with Gasteiger partial charge in [0.25, 0.3) is 5.91 Å². The predicted octanol–water partition coefficient (Wildman–Crippen LogP) is 2.00. The Morgan fingerprint density at radius 1 is 1.34 bits per heavy atom. The molecule has 3 rings (SSSR count). The molecule has 8 nitrogen and oxygen atoms in total. The minimum atomic E-state index is -3.44. The topological polar surface area (TPSA) is 100 Å². The highest BCUT2D eigenvalue weighted by Gasteiger charge is 2.35. The molecule has 1 aliphatic heterocycles. The lowest BCUT2D eigenvalue weighted by Gasteiger charge is -2.37. The first-order valence-corrected chi connectivity index (χ1v) is 12.1. The van der Waals surface area contributed by atoms with Crippen LogP contribution in [0.15, 0.2) is 36.5 Å². The summed E-state index contributed by atoms with van der Waals surface area (Å²) in [4.78, 5) is 19.3. The third kappa shape index (κ3) is 5.25. The summed E-state index contributed by atoms with van der Waals surface area (Å²) in [6.45, 7) is 3.68. The van der Waals surface area contributed by atoms with Crippen molar-refractivity contribution in [2.75, 3.05) is 33.0 Å². The molecular formula is C22H28FN3O5S. The lowest BCUT2D eigenvalue weighted by atomic mass is 9.99. The Morgan fingerprint density at radius 2 is 2.06 bits per heavy atom. The van der Waals surface area contributed by atoms with Crippen molar-refractivity contribution in [1.29, 1.82) is 0 Å². The number of aliphatic hydroxyl groups is 1. The number of benzene rings is 1. The van der Waals surface area contributed by atoms with Gasteiger partial charge < -0.3 is 14.7 Å². The van der Waals surface area contributed by atoms with Gasteiger partial charge in [0.1, 0.15) is 17.5 Å². The number of carbonyl (C=O) groups excluding carboxylic acids is 1. The highest BCUT2D eigenvalue weighted by Crippen LogP contribution is 2.30. The minimum absolute atomic E-state index is 0.0717. The van der Waals surface area contributed by atoms with Crippen molar-refractivity contribution in [2.24, 2.45) is 5.92 Å². The molecule has 1 N–H and O–H groups in total. The summed E-state index contributed by atoms with van der Waals surface area (Å²) in [5.41, 5.74) is 1.26. The Morgan fingerprint density at radius 3 is 2.69 bits per heavy atom. The Hall–Kier alpha value is -2.56. The molecule has 0 fully saturated rings. The monoisotopic (exact) mass is 465 g/mol. The van der Waals surface area contributed by atoms with Crippen molar-refractivity contribution in [1.82, 2.24) is 14.2 Å². The zero-order valence-corrected chi connectivity index (χ0v) is 19.3. The summed E-state index contributed by atoms with van der Waals surface area (Å²) in [6, 6.07) is 7.07. The molecule has 1 aromatic heterocycles. The maximum Gasteiger partial charge on any atom is 0.259 e. The van der Waals surface area contributed by atoms with Crippen LogP contribution >= 0.6 is 0 Å². The second-order valence-corrected chi connectivity index (χ2v) is 10.3. The van der Waals surface area contributed by atoms with Crippen LogP contribution in [0.3, 0.4) is 0 Å². The number of aliphatic hydroxyl groups excluding tert-OH is 1. The van der Waals surface area contributed by atoms with Crippen LogP contribution < -0.4 is 4.74 Å². The fourth-order valence-corrected chi connectivity index (χ4v) is 3.95. The molecule has 32 heavy (non-hydrogen) atoms. The van der Waals surface area contributed by atoms with Crippen LogP contribution in [0.2, 0.25) is 0 Å². The molecule has 0 radical (unpaired) electrons. The number of fused-ring (bicyclic) bond motifs is 1. The van der Waals surface area contributed by atoms with E-state index < -0.39 is 28.0 Å². The SMILES string of the molecule is C[C@@H]1CN([C@H](C)CO)C(=O)c2cc(-c3cccc(F)c3)cnc2O[C@H]1CN(C)S(C)(=O)=O. The maximum atomic E-state index is 13.7. The number of nitrogens with zero attached hydrogens (tertiary/aromatic N) is 3. The number of hydrogen-bond donors (Lipinski definition) is 1. The lowest BCUT2D eigenvalue weighted by molar-refractivity contribution is 0.0374. The van der Waals surface area contributed by atoms with Crippen LogP contribution in [0.1, 0.15) is 24.2 Å². The number of rotatable bonds is 6. The van der Waals surface area contributed by atoms with Crippen LogP contribution in [0.5, 0.6) is 5.88 Å². The molecule has 1 amide bonds. The maximum absolute atomic E-state index is 13.7. The van der Waals surface area contributed by atoms with Crippen molar-refractivity contribution in [3.05, 3.63) is 47.9 Å². The normalized spacial score (nSPS) is 20.3. The van der Waals surface area contributed by atoms with E-state index in [9.17, 15) is 22.7 Å². The van der Waals surface area contributed by atoms with E-state index in [4.69, 9.17) is 4.74 Å². The van der Waals surface area contributed by atoms with E-state index in [0.717, 1.165) is 6.26 Å². The van der Waals surface area contributed by atoms with Gasteiger partial charge in [-0.25, -0.2) is 22.1 Å². The van der Waals surface area contributed by atoms with E-state index in [1.807, 2.05) is 6.92 Å². The smallest absolute Gasteiger partial charge is 0.259 e. The highest BCUT2D eigenvalue weighted by molar-refractivity contribution is 7.88. The van der Waals surface area contributed by atoms with Gasteiger partial charge in [0, 0.05) is 31.3 Å². The van der Waals surface area contributed by atoms with Gasteiger partial charge in [-0.1, -0.05) is 19.1 Å². The summed E-state index contributed by atoms with van der Waals surface area (Å²) < 4.78 is 44.8. The molecule has 0 spiro atoms. The van der Waals surface area contributed by atoms with Gasteiger partial charge >= 0.3 is 0 Å². The summed E-state index contributed by atoms with van der Waals surface area (Å²) >= 11 is 0. The first-order valence-electron chi connectivity index (χ1n) is 10.3. The van der Waals surface area contributed by atoms with Gasteiger partial charge in [-0.2, -0.15) is 0 Å². The van der Waals surface area contributed by atoms with Gasteiger partial charge in [-0.05, 0) is 30.7 Å². The number of aromatic nitrogens is 1. The molecule has 1 aromatic carbocycles. The lowest BCUT2D eigenvalue weighted by Crippen LogP contribution is -2.50. The Labute approximate surface area is 187 Å². The largest absolute Gasteiger partial charge is 0.472 e. The molecule has 0 aliphatic carbocycles. The summed E-state index contributed by atoms with van der Waals surface area (Å²) in [7, 11) is -1.98. The Balaban J connectivity index is 2.07. The van der Waals surface area contributed by atoms with Crippen LogP contribution in [0, 0.1) is 11.7 Å². The first kappa shape index (κ1) is 24.1. The number of likely N-dealkylation sites (N-methyl/N-ethyl adjacent to an activating group) is 1. The van der Waals surface area contributed by atoms with Crippen molar-refractivity contribution in [2.45, 2.75) is 26.0 Å². The fourth-order valence-electron chi connectivity index (χ4n) is 3.53. The number of sulfonamides is 1. The average Bonchev–Trinajstić information content (AvgIpc) is 2.74. The number of carbonyl (C=O) groups is 1. The van der Waals surface area contributed by atoms with Crippen LogP contribution in [0.25, 0.3) is 11.1 Å². The van der Waals surface area contributed by atoms with Crippen molar-refractivity contribution in [3.63, 3.8) is 0 Å². The standard InChI is InChI=1S/C22H28FN3O5S/c1-14-11-26(15(2)13-27)22(28)19-9-17(16-6-5-7-18(23)8-16)10-24-21(19)31-20(14)12-25(3)32(4,29)30/h5-10,14-15,20,27H,11-13H2,1-4H3/t14-,15-,20+/m1/s1. The second kappa shape index (κ2) is 9.51. The highest BCUT2D eigenvalue weighted by atomic mass is 32.2. The van der Waals surface area contributed by atoms with Crippen LogP contribution in [0.4, 0.5) is 4.39 Å². The number of hydrogen-bond acceptors (Lipinski definition) is 6. The molecule has 0 bridgehead atoms. The fraction of sp³-hybridized carbons (Fsp3) is 0.455. The molecule has 0 saturated carbocycles. The molecule has 2 aromatic rings. The average molecular weight is 466 g/mol. The van der Waals surface area contributed by atoms with Crippen LogP contribution in [-0.4, -0.2) is 78.8 Å². The molecule has 0 saturated heterocycles. The van der Waals surface area contributed by atoms with E-state index in [-0.39, 0.29) is 43.0 Å². The Bertz CT molecular complexity index is 1090. The quantitative estimate of drug-likeness (QED) is 0.701. The molecule has 1 aliphatic rings. The minimum Gasteiger partial charge on any atom is -0.472 e. The van der Waals surface area contributed by atoms with Crippen molar-refractivity contribution >= 4 is 15.9 Å². The molecule has 0 unspecified atom stereocenters. The van der Waals surface area contributed by atoms with E-state index in [2.05, 4.69) is 4.98 Å². The second-order valence-electron chi connectivity index (χ2n) is 8.25. The summed E-state index contributed by atoms with van der Waals surface area (Å²) in [5, 5.41) is 9.71. The van der Waals surface area contributed by atoms with Gasteiger partial charge in [0.15, 0.2) is 0 Å². The third-order valence-corrected chi connectivity index (χ3v) is 6.96. The molecular weight excluding hydrogens is 437 g/mol.